The van der Waals surface area contributed by atoms with Crippen molar-refractivity contribution in [3.8, 4) is 0 Å². The van der Waals surface area contributed by atoms with E-state index in [4.69, 9.17) is 0 Å². The minimum atomic E-state index is -3.26. The Kier molecular flexibility index (Phi) is 2.83. The number of aryl methyl sites for hydroxylation is 1. The van der Waals surface area contributed by atoms with Crippen LogP contribution in [0, 0.1) is 6.92 Å². The molecule has 0 atom stereocenters. The van der Waals surface area contributed by atoms with Gasteiger partial charge in [0.2, 0.25) is 0 Å². The molecule has 1 aromatic rings. The van der Waals surface area contributed by atoms with Gasteiger partial charge in [0.25, 0.3) is 0 Å². The molecule has 1 aromatic carbocycles. The van der Waals surface area contributed by atoms with E-state index in [0.29, 0.717) is 4.90 Å². The molecule has 0 unspecified atom stereocenters. The van der Waals surface area contributed by atoms with E-state index >= 15 is 0 Å². The summed E-state index contributed by atoms with van der Waals surface area (Å²) in [6.07, 6.45) is 0. The van der Waals surface area contributed by atoms with Gasteiger partial charge < -0.3 is 0 Å². The standard InChI is InChI=1S/C9H11NO2S/c1-8-3-5-9(6-4-8)13(11,12)7-10-2/h3-6H,2,7H2,1H3. The Morgan fingerprint density at radius 2 is 1.85 bits per heavy atom. The third-order valence-electron chi connectivity index (χ3n) is 1.64. The van der Waals surface area contributed by atoms with Crippen molar-refractivity contribution in [3.05, 3.63) is 29.8 Å². The fraction of sp³-hybridized carbons (Fsp3) is 0.222. The van der Waals surface area contributed by atoms with Crippen LogP contribution in [0.25, 0.3) is 0 Å². The topological polar surface area (TPSA) is 46.5 Å². The van der Waals surface area contributed by atoms with Crippen molar-refractivity contribution in [1.82, 2.24) is 0 Å². The quantitative estimate of drug-likeness (QED) is 0.688. The van der Waals surface area contributed by atoms with Crippen LogP contribution in [0.3, 0.4) is 0 Å². The average molecular weight is 197 g/mol. The summed E-state index contributed by atoms with van der Waals surface area (Å²) in [5, 5.41) is 0. The molecule has 0 aliphatic heterocycles. The van der Waals surface area contributed by atoms with Crippen LogP contribution in [-0.4, -0.2) is 21.0 Å². The Bertz CT molecular complexity index is 392. The molecule has 4 heteroatoms. The van der Waals surface area contributed by atoms with E-state index < -0.39 is 9.84 Å². The Labute approximate surface area is 78.0 Å². The van der Waals surface area contributed by atoms with Crippen LogP contribution in [0.5, 0.6) is 0 Å². The number of nitrogens with zero attached hydrogens (tertiary/aromatic N) is 1. The molecule has 0 heterocycles. The SMILES string of the molecule is C=NCS(=O)(=O)c1ccc(C)cc1. The first-order chi connectivity index (χ1) is 6.06. The van der Waals surface area contributed by atoms with Crippen LogP contribution in [0.4, 0.5) is 0 Å². The summed E-state index contributed by atoms with van der Waals surface area (Å²) >= 11 is 0. The second-order valence-corrected chi connectivity index (χ2v) is 4.74. The fourth-order valence-electron chi connectivity index (χ4n) is 0.940. The second kappa shape index (κ2) is 3.70. The van der Waals surface area contributed by atoms with Gasteiger partial charge in [0.15, 0.2) is 9.84 Å². The lowest BCUT2D eigenvalue weighted by molar-refractivity contribution is 0.596. The summed E-state index contributed by atoms with van der Waals surface area (Å²) in [7, 11) is -3.26. The molecule has 0 radical (unpaired) electrons. The molecule has 0 saturated carbocycles. The molecular formula is C9H11NO2S. The number of hydrogen-bond acceptors (Lipinski definition) is 3. The maximum absolute atomic E-state index is 11.4. The maximum Gasteiger partial charge on any atom is 0.198 e. The monoisotopic (exact) mass is 197 g/mol. The third kappa shape index (κ3) is 2.39. The molecule has 70 valence electrons. The van der Waals surface area contributed by atoms with Gasteiger partial charge in [0.1, 0.15) is 5.88 Å². The normalized spacial score (nSPS) is 11.2. The van der Waals surface area contributed by atoms with E-state index in [2.05, 4.69) is 11.7 Å². The summed E-state index contributed by atoms with van der Waals surface area (Å²) < 4.78 is 22.8. The molecule has 0 fully saturated rings. The van der Waals surface area contributed by atoms with Gasteiger partial charge in [-0.05, 0) is 25.8 Å². The minimum Gasteiger partial charge on any atom is -0.284 e. The van der Waals surface area contributed by atoms with E-state index in [1.165, 1.54) is 0 Å². The van der Waals surface area contributed by atoms with Gasteiger partial charge in [-0.15, -0.1) is 0 Å². The molecule has 13 heavy (non-hydrogen) atoms. The molecule has 0 amide bonds. The van der Waals surface area contributed by atoms with Crippen molar-refractivity contribution < 1.29 is 8.42 Å². The number of rotatable bonds is 3. The van der Waals surface area contributed by atoms with Gasteiger partial charge in [-0.1, -0.05) is 17.7 Å². The predicted molar refractivity (Wildman–Crippen MR) is 52.8 cm³/mol. The van der Waals surface area contributed by atoms with Gasteiger partial charge in [-0.2, -0.15) is 0 Å². The average Bonchev–Trinajstić information content (AvgIpc) is 2.05. The zero-order chi connectivity index (χ0) is 9.90. The maximum atomic E-state index is 11.4. The summed E-state index contributed by atoms with van der Waals surface area (Å²) in [5.41, 5.74) is 1.03. The third-order valence-corrected chi connectivity index (χ3v) is 3.15. The van der Waals surface area contributed by atoms with Gasteiger partial charge in [-0.25, -0.2) is 8.42 Å². The van der Waals surface area contributed by atoms with Crippen LogP contribution in [0.15, 0.2) is 34.2 Å². The minimum absolute atomic E-state index is 0.254. The first kappa shape index (κ1) is 9.92. The Morgan fingerprint density at radius 1 is 1.31 bits per heavy atom. The number of hydrogen-bond donors (Lipinski definition) is 0. The zero-order valence-electron chi connectivity index (χ0n) is 7.40. The molecule has 3 nitrogen and oxygen atoms in total. The highest BCUT2D eigenvalue weighted by Crippen LogP contribution is 2.11. The number of sulfone groups is 1. The molecule has 0 aliphatic rings. The summed E-state index contributed by atoms with van der Waals surface area (Å²) in [4.78, 5) is 3.66. The zero-order valence-corrected chi connectivity index (χ0v) is 8.21. The number of aliphatic imine (C=N–C) groups is 1. The van der Waals surface area contributed by atoms with E-state index in [-0.39, 0.29) is 5.88 Å². The predicted octanol–water partition coefficient (Wildman–Crippen LogP) is 1.43. The molecule has 0 bridgehead atoms. The lowest BCUT2D eigenvalue weighted by atomic mass is 10.2. The van der Waals surface area contributed by atoms with Crippen molar-refractivity contribution >= 4 is 16.6 Å². The highest BCUT2D eigenvalue weighted by atomic mass is 32.2. The highest BCUT2D eigenvalue weighted by molar-refractivity contribution is 7.91. The smallest absolute Gasteiger partial charge is 0.198 e. The Morgan fingerprint density at radius 3 is 2.31 bits per heavy atom. The van der Waals surface area contributed by atoms with Gasteiger partial charge in [0, 0.05) is 0 Å². The summed E-state index contributed by atoms with van der Waals surface area (Å²) in [6.45, 7) is 5.06. The first-order valence-electron chi connectivity index (χ1n) is 3.78. The van der Waals surface area contributed by atoms with Crippen molar-refractivity contribution in [3.63, 3.8) is 0 Å². The largest absolute Gasteiger partial charge is 0.284 e. The molecule has 1 rings (SSSR count). The van der Waals surface area contributed by atoms with Crippen LogP contribution >= 0.6 is 0 Å². The molecule has 0 aliphatic carbocycles. The molecular weight excluding hydrogens is 186 g/mol. The van der Waals surface area contributed by atoms with E-state index in [9.17, 15) is 8.42 Å². The number of benzene rings is 1. The summed E-state index contributed by atoms with van der Waals surface area (Å²) in [6, 6.07) is 6.68. The lowest BCUT2D eigenvalue weighted by Gasteiger charge is -2.00. The highest BCUT2D eigenvalue weighted by Gasteiger charge is 2.11. The van der Waals surface area contributed by atoms with Crippen LogP contribution in [0.2, 0.25) is 0 Å². The molecule has 0 aromatic heterocycles. The van der Waals surface area contributed by atoms with Gasteiger partial charge >= 0.3 is 0 Å². The van der Waals surface area contributed by atoms with Crippen LogP contribution in [0.1, 0.15) is 5.56 Å². The van der Waals surface area contributed by atoms with Crippen LogP contribution < -0.4 is 0 Å². The van der Waals surface area contributed by atoms with Crippen molar-refractivity contribution in [2.24, 2.45) is 4.99 Å². The van der Waals surface area contributed by atoms with Gasteiger partial charge in [-0.3, -0.25) is 4.99 Å². The molecule has 0 saturated heterocycles. The molecule has 0 N–H and O–H groups in total. The molecule has 0 spiro atoms. The Balaban J connectivity index is 3.08. The van der Waals surface area contributed by atoms with Gasteiger partial charge in [0.05, 0.1) is 4.90 Å². The fourth-order valence-corrected chi connectivity index (χ4v) is 1.88. The summed E-state index contributed by atoms with van der Waals surface area (Å²) in [5.74, 6) is -0.254. The lowest BCUT2D eigenvalue weighted by Crippen LogP contribution is -2.04. The van der Waals surface area contributed by atoms with Crippen molar-refractivity contribution in [2.45, 2.75) is 11.8 Å². The van der Waals surface area contributed by atoms with E-state index in [1.807, 2.05) is 6.92 Å². The Hall–Kier alpha value is -1.16. The van der Waals surface area contributed by atoms with Crippen molar-refractivity contribution in [2.75, 3.05) is 5.88 Å². The van der Waals surface area contributed by atoms with Crippen LogP contribution in [-0.2, 0) is 9.84 Å². The second-order valence-electron chi connectivity index (χ2n) is 2.78. The van der Waals surface area contributed by atoms with E-state index in [1.54, 1.807) is 24.3 Å². The van der Waals surface area contributed by atoms with E-state index in [0.717, 1.165) is 5.56 Å². The van der Waals surface area contributed by atoms with Crippen molar-refractivity contribution in [1.29, 1.82) is 0 Å². The first-order valence-corrected chi connectivity index (χ1v) is 5.43.